The zero-order valence-electron chi connectivity index (χ0n) is 11.1. The first kappa shape index (κ1) is 14.2. The van der Waals surface area contributed by atoms with E-state index < -0.39 is 7.95 Å². The van der Waals surface area contributed by atoms with Crippen LogP contribution in [0.1, 0.15) is 5.56 Å². The van der Waals surface area contributed by atoms with Gasteiger partial charge in [0.15, 0.2) is 0 Å². The Hall–Kier alpha value is -2.25. The van der Waals surface area contributed by atoms with E-state index in [1.165, 1.54) is 0 Å². The van der Waals surface area contributed by atoms with Crippen molar-refractivity contribution in [3.05, 3.63) is 66.2 Å². The van der Waals surface area contributed by atoms with Crippen LogP contribution in [0.2, 0.25) is 0 Å². The van der Waals surface area contributed by atoms with Gasteiger partial charge in [-0.05, 0) is 45.2 Å². The summed E-state index contributed by atoms with van der Waals surface area (Å²) < 4.78 is 20.9. The van der Waals surface area contributed by atoms with Gasteiger partial charge < -0.3 is 4.74 Å². The first-order valence-electron chi connectivity index (χ1n) is 6.16. The number of hydrogen-bond acceptors (Lipinski definition) is 2. The van der Waals surface area contributed by atoms with Gasteiger partial charge in [0, 0.05) is 0 Å². The number of hydrogen-bond donors (Lipinski definition) is 0. The van der Waals surface area contributed by atoms with Crippen LogP contribution in [-0.4, -0.2) is 13.3 Å². The van der Waals surface area contributed by atoms with E-state index in [1.807, 2.05) is 60.7 Å². The molecule has 0 fully saturated rings. The first-order chi connectivity index (χ1) is 9.79. The van der Waals surface area contributed by atoms with E-state index in [0.29, 0.717) is 0 Å². The second-order valence-corrected chi connectivity index (χ2v) is 5.30. The Morgan fingerprint density at radius 2 is 1.75 bits per heavy atom. The monoisotopic (exact) mass is 284 g/mol. The van der Waals surface area contributed by atoms with Crippen LogP contribution in [0.5, 0.6) is 5.75 Å². The molecule has 0 N–H and O–H groups in total. The smallest absolute Gasteiger partial charge is 0.497 e. The van der Waals surface area contributed by atoms with Crippen molar-refractivity contribution in [2.45, 2.75) is 0 Å². The van der Waals surface area contributed by atoms with E-state index in [0.717, 1.165) is 16.6 Å². The van der Waals surface area contributed by atoms with Crippen molar-refractivity contribution < 1.29 is 9.30 Å². The van der Waals surface area contributed by atoms with Crippen LogP contribution in [-0.2, 0) is 4.57 Å². The second kappa shape index (κ2) is 7.37. The Kier molecular flexibility index (Phi) is 5.22. The highest BCUT2D eigenvalue weighted by molar-refractivity contribution is 7.52. The van der Waals surface area contributed by atoms with Crippen molar-refractivity contribution in [1.82, 2.24) is 0 Å². The Labute approximate surface area is 119 Å². The van der Waals surface area contributed by atoms with Crippen molar-refractivity contribution in [3.63, 3.8) is 0 Å². The van der Waals surface area contributed by atoms with Gasteiger partial charge in [-0.3, -0.25) is 0 Å². The average molecular weight is 284 g/mol. The molecule has 0 aromatic heterocycles. The maximum atomic E-state index is 11.8. The molecule has 1 atom stereocenters. The van der Waals surface area contributed by atoms with Crippen molar-refractivity contribution in [2.75, 3.05) is 7.11 Å². The van der Waals surface area contributed by atoms with Crippen LogP contribution in [0.3, 0.4) is 0 Å². The third kappa shape index (κ3) is 4.15. The molecule has 0 aliphatic rings. The van der Waals surface area contributed by atoms with Gasteiger partial charge in [-0.15, -0.1) is 0 Å². The number of ether oxygens (including phenoxy) is 1. The minimum absolute atomic E-state index is 0.733. The minimum atomic E-state index is -1.72. The second-order valence-electron chi connectivity index (χ2n) is 4.01. The van der Waals surface area contributed by atoms with Gasteiger partial charge in [-0.2, -0.15) is 0 Å². The molecule has 1 unspecified atom stereocenters. The summed E-state index contributed by atoms with van der Waals surface area (Å²) >= 11 is 0. The maximum absolute atomic E-state index is 11.8. The quantitative estimate of drug-likeness (QED) is 0.618. The highest BCUT2D eigenvalue weighted by Gasteiger charge is 2.16. The van der Waals surface area contributed by atoms with Crippen molar-refractivity contribution in [2.24, 2.45) is 4.76 Å². The van der Waals surface area contributed by atoms with Gasteiger partial charge in [0.05, 0.1) is 13.3 Å². The predicted molar refractivity (Wildman–Crippen MR) is 84.2 cm³/mol. The fourth-order valence-electron chi connectivity index (χ4n) is 1.59. The third-order valence-electron chi connectivity index (χ3n) is 2.64. The van der Waals surface area contributed by atoms with E-state index in [1.54, 1.807) is 19.4 Å². The summed E-state index contributed by atoms with van der Waals surface area (Å²) in [5.41, 5.74) is 1.03. The largest absolute Gasteiger partial charge is 0.524 e. The molecule has 0 saturated carbocycles. The minimum Gasteiger partial charge on any atom is -0.497 e. The Bertz CT molecular complexity index is 619. The molecule has 0 spiro atoms. The van der Waals surface area contributed by atoms with Gasteiger partial charge in [0.1, 0.15) is 5.75 Å². The fraction of sp³-hybridized carbons (Fsp3) is 0.0625. The molecule has 2 aromatic rings. The molecule has 100 valence electrons. The van der Waals surface area contributed by atoms with Crippen LogP contribution in [0, 0.1) is 0 Å². The Morgan fingerprint density at radius 1 is 1.05 bits per heavy atom. The number of benzene rings is 2. The standard InChI is InChI=1S/C16H15NO2P/c1-19-15-11-9-14(10-12-15)6-5-13-17-20(18)16-7-3-2-4-8-16/h2-13H,1H3/q+1/b6-5+,17-13?. The Morgan fingerprint density at radius 3 is 2.40 bits per heavy atom. The van der Waals surface area contributed by atoms with Gasteiger partial charge in [-0.1, -0.05) is 36.4 Å². The lowest BCUT2D eigenvalue weighted by Gasteiger charge is -1.98. The van der Waals surface area contributed by atoms with E-state index >= 15 is 0 Å². The van der Waals surface area contributed by atoms with E-state index in [4.69, 9.17) is 4.74 Å². The first-order valence-corrected chi connectivity index (χ1v) is 7.38. The zero-order chi connectivity index (χ0) is 14.2. The lowest BCUT2D eigenvalue weighted by molar-refractivity contribution is 0.415. The summed E-state index contributed by atoms with van der Waals surface area (Å²) in [6.45, 7) is 0. The maximum Gasteiger partial charge on any atom is 0.524 e. The average Bonchev–Trinajstić information content (AvgIpc) is 2.53. The molecule has 20 heavy (non-hydrogen) atoms. The summed E-state index contributed by atoms with van der Waals surface area (Å²) in [4.78, 5) is 0. The van der Waals surface area contributed by atoms with Crippen LogP contribution < -0.4 is 10.0 Å². The SMILES string of the molecule is COc1ccc(/C=C/C=N[P+](=O)c2ccccc2)cc1. The summed E-state index contributed by atoms with van der Waals surface area (Å²) in [7, 11) is -0.0792. The molecule has 3 nitrogen and oxygen atoms in total. The highest BCUT2D eigenvalue weighted by Crippen LogP contribution is 2.20. The molecule has 0 aliphatic heterocycles. The molecule has 4 heteroatoms. The molecular weight excluding hydrogens is 269 g/mol. The lowest BCUT2D eigenvalue weighted by Crippen LogP contribution is -1.91. The van der Waals surface area contributed by atoms with Crippen LogP contribution in [0.4, 0.5) is 0 Å². The number of rotatable bonds is 5. The van der Waals surface area contributed by atoms with Gasteiger partial charge in [0.2, 0.25) is 5.30 Å². The summed E-state index contributed by atoms with van der Waals surface area (Å²) in [5.74, 6) is 0.822. The molecule has 0 bridgehead atoms. The molecule has 0 amide bonds. The molecule has 2 rings (SSSR count). The molecule has 2 aromatic carbocycles. The van der Waals surface area contributed by atoms with Crippen molar-refractivity contribution in [3.8, 4) is 5.75 Å². The topological polar surface area (TPSA) is 38.7 Å². The molecule has 0 saturated heterocycles. The van der Waals surface area contributed by atoms with Crippen LogP contribution >= 0.6 is 7.95 Å². The molecular formula is C16H15NO2P+. The third-order valence-corrected chi connectivity index (χ3v) is 3.72. The number of nitrogens with zero attached hydrogens (tertiary/aromatic N) is 1. The normalized spacial score (nSPS) is 11.9. The number of methoxy groups -OCH3 is 1. The van der Waals surface area contributed by atoms with E-state index in [2.05, 4.69) is 4.76 Å². The zero-order valence-corrected chi connectivity index (χ0v) is 12.0. The molecule has 0 heterocycles. The molecule has 0 aliphatic carbocycles. The summed E-state index contributed by atoms with van der Waals surface area (Å²) in [5, 5.41) is 0.733. The van der Waals surface area contributed by atoms with E-state index in [9.17, 15) is 4.57 Å². The fourth-order valence-corrected chi connectivity index (χ4v) is 2.35. The molecule has 0 radical (unpaired) electrons. The van der Waals surface area contributed by atoms with Crippen molar-refractivity contribution in [1.29, 1.82) is 0 Å². The summed E-state index contributed by atoms with van der Waals surface area (Å²) in [6.07, 6.45) is 5.24. The van der Waals surface area contributed by atoms with Gasteiger partial charge in [0.25, 0.3) is 0 Å². The van der Waals surface area contributed by atoms with E-state index in [-0.39, 0.29) is 0 Å². The number of allylic oxidation sites excluding steroid dienone is 1. The van der Waals surface area contributed by atoms with Gasteiger partial charge >= 0.3 is 7.95 Å². The van der Waals surface area contributed by atoms with Crippen LogP contribution in [0.25, 0.3) is 6.08 Å². The van der Waals surface area contributed by atoms with Gasteiger partial charge in [-0.25, -0.2) is 0 Å². The van der Waals surface area contributed by atoms with Crippen LogP contribution in [0.15, 0.2) is 65.4 Å². The predicted octanol–water partition coefficient (Wildman–Crippen LogP) is 3.85. The van der Waals surface area contributed by atoms with Crippen molar-refractivity contribution >= 4 is 25.5 Å². The lowest BCUT2D eigenvalue weighted by atomic mass is 10.2. The summed E-state index contributed by atoms with van der Waals surface area (Å²) in [6, 6.07) is 16.9. The highest BCUT2D eigenvalue weighted by atomic mass is 31.1. The Balaban J connectivity index is 1.95.